The summed E-state index contributed by atoms with van der Waals surface area (Å²) in [5.41, 5.74) is 1.03. The van der Waals surface area contributed by atoms with Crippen molar-refractivity contribution < 1.29 is 22.7 Å². The second kappa shape index (κ2) is 10.7. The number of hydrogen-bond acceptors (Lipinski definition) is 7. The Morgan fingerprint density at radius 2 is 1.72 bits per heavy atom. The maximum atomic E-state index is 13.6. The number of halogens is 1. The van der Waals surface area contributed by atoms with Gasteiger partial charge in [-0.05, 0) is 62.1 Å². The molecule has 2 saturated heterocycles. The minimum atomic E-state index is -3.70. The van der Waals surface area contributed by atoms with Crippen LogP contribution in [0.5, 0.6) is 0 Å². The zero-order valence-corrected chi connectivity index (χ0v) is 22.3. The highest BCUT2D eigenvalue weighted by atomic mass is 35.5. The van der Waals surface area contributed by atoms with E-state index in [4.69, 9.17) is 21.1 Å². The topological polar surface area (TPSA) is 89.0 Å². The van der Waals surface area contributed by atoms with Gasteiger partial charge in [0.15, 0.2) is 5.13 Å². The van der Waals surface area contributed by atoms with Crippen LogP contribution in [-0.4, -0.2) is 69.2 Å². The van der Waals surface area contributed by atoms with Crippen molar-refractivity contribution in [2.24, 2.45) is 0 Å². The predicted octanol–water partition coefficient (Wildman–Crippen LogP) is 4.58. The van der Waals surface area contributed by atoms with Crippen molar-refractivity contribution in [2.75, 3.05) is 38.3 Å². The molecule has 0 spiro atoms. The molecular formula is C25H28ClN3O5S2. The Bertz CT molecular complexity index is 1330. The van der Waals surface area contributed by atoms with Crippen molar-refractivity contribution in [3.63, 3.8) is 0 Å². The molecule has 1 amide bonds. The average Bonchev–Trinajstić information content (AvgIpc) is 3.64. The number of ether oxygens (including phenoxy) is 2. The summed E-state index contributed by atoms with van der Waals surface area (Å²) in [5.74, 6) is -0.266. The minimum Gasteiger partial charge on any atom is -0.377 e. The summed E-state index contributed by atoms with van der Waals surface area (Å²) < 4.78 is 39.7. The van der Waals surface area contributed by atoms with Gasteiger partial charge in [0.2, 0.25) is 10.0 Å². The summed E-state index contributed by atoms with van der Waals surface area (Å²) >= 11 is 7.72. The number of amides is 1. The Hall–Kier alpha value is -2.08. The van der Waals surface area contributed by atoms with E-state index < -0.39 is 10.0 Å². The fraction of sp³-hybridized carbons (Fsp3) is 0.440. The van der Waals surface area contributed by atoms with Crippen LogP contribution in [0.25, 0.3) is 10.2 Å². The molecule has 192 valence electrons. The van der Waals surface area contributed by atoms with Crippen LogP contribution in [0.4, 0.5) is 5.13 Å². The third kappa shape index (κ3) is 5.29. The van der Waals surface area contributed by atoms with E-state index in [1.54, 1.807) is 30.1 Å². The highest BCUT2D eigenvalue weighted by molar-refractivity contribution is 7.89. The minimum absolute atomic E-state index is 0.0810. The van der Waals surface area contributed by atoms with E-state index >= 15 is 0 Å². The lowest BCUT2D eigenvalue weighted by atomic mass is 10.2. The molecule has 8 nitrogen and oxygen atoms in total. The number of nitrogens with zero attached hydrogens (tertiary/aromatic N) is 3. The number of thiazole rings is 1. The highest BCUT2D eigenvalue weighted by Gasteiger charge is 2.29. The molecule has 1 aromatic heterocycles. The number of aromatic nitrogens is 1. The number of likely N-dealkylation sites (N-methyl/N-ethyl adjacent to an activating group) is 1. The van der Waals surface area contributed by atoms with Crippen molar-refractivity contribution >= 4 is 54.2 Å². The molecule has 0 N–H and O–H groups in total. The average molecular weight is 550 g/mol. The number of sulfonamides is 1. The first-order chi connectivity index (χ1) is 17.3. The molecule has 0 aliphatic carbocycles. The van der Waals surface area contributed by atoms with Gasteiger partial charge in [-0.2, -0.15) is 4.31 Å². The largest absolute Gasteiger partial charge is 0.377 e. The number of para-hydroxylation sites is 1. The summed E-state index contributed by atoms with van der Waals surface area (Å²) in [5, 5.41) is 1.06. The number of carbonyl (C=O) groups excluding carboxylic acids is 1. The van der Waals surface area contributed by atoms with Crippen molar-refractivity contribution in [1.82, 2.24) is 9.29 Å². The fourth-order valence-corrected chi connectivity index (χ4v) is 7.01. The number of anilines is 1. The van der Waals surface area contributed by atoms with Gasteiger partial charge in [-0.15, -0.1) is 0 Å². The summed E-state index contributed by atoms with van der Waals surface area (Å²) in [4.78, 5) is 20.1. The smallest absolute Gasteiger partial charge is 0.260 e. The van der Waals surface area contributed by atoms with E-state index in [0.717, 1.165) is 30.4 Å². The first kappa shape index (κ1) is 25.6. The third-order valence-corrected chi connectivity index (χ3v) is 9.73. The molecule has 2 aliphatic rings. The molecule has 2 aliphatic heterocycles. The quantitative estimate of drug-likeness (QED) is 0.409. The van der Waals surface area contributed by atoms with Crippen LogP contribution >= 0.6 is 22.9 Å². The van der Waals surface area contributed by atoms with Crippen LogP contribution in [0, 0.1) is 0 Å². The van der Waals surface area contributed by atoms with E-state index in [1.807, 2.05) is 12.1 Å². The van der Waals surface area contributed by atoms with Crippen LogP contribution in [0.15, 0.2) is 47.4 Å². The van der Waals surface area contributed by atoms with Crippen molar-refractivity contribution in [2.45, 2.75) is 42.8 Å². The first-order valence-corrected chi connectivity index (χ1v) is 14.6. The molecule has 2 atom stereocenters. The second-order valence-corrected chi connectivity index (χ2v) is 12.5. The van der Waals surface area contributed by atoms with Gasteiger partial charge < -0.3 is 9.47 Å². The highest BCUT2D eigenvalue weighted by Crippen LogP contribution is 2.34. The lowest BCUT2D eigenvalue weighted by Gasteiger charge is -2.23. The molecule has 0 saturated carbocycles. The maximum absolute atomic E-state index is 13.6. The van der Waals surface area contributed by atoms with Gasteiger partial charge in [0.1, 0.15) is 5.52 Å². The molecule has 11 heteroatoms. The van der Waals surface area contributed by atoms with E-state index in [1.165, 1.54) is 27.8 Å². The Kier molecular flexibility index (Phi) is 7.62. The zero-order valence-electron chi connectivity index (χ0n) is 19.9. The Balaban J connectivity index is 1.39. The lowest BCUT2D eigenvalue weighted by Crippen LogP contribution is -2.37. The van der Waals surface area contributed by atoms with Crippen LogP contribution < -0.4 is 4.90 Å². The SMILES string of the molecule is CN(CC1CCCO1)S(=O)(=O)c1ccc(C(=O)N(CC2CCCO2)c2nc3c(Cl)cccc3s2)cc1. The van der Waals surface area contributed by atoms with Crippen molar-refractivity contribution in [1.29, 1.82) is 0 Å². The summed E-state index contributed by atoms with van der Waals surface area (Å²) in [6.07, 6.45) is 3.44. The van der Waals surface area contributed by atoms with E-state index in [9.17, 15) is 13.2 Å². The number of carbonyl (C=O) groups is 1. The number of rotatable bonds is 8. The van der Waals surface area contributed by atoms with Gasteiger partial charge in [-0.3, -0.25) is 9.69 Å². The fourth-order valence-electron chi connectivity index (χ4n) is 4.54. The van der Waals surface area contributed by atoms with E-state index in [-0.39, 0.29) is 23.0 Å². The molecule has 5 rings (SSSR count). The molecule has 3 aromatic rings. The molecule has 2 aromatic carbocycles. The summed E-state index contributed by atoms with van der Waals surface area (Å²) in [6, 6.07) is 11.6. The van der Waals surface area contributed by atoms with Gasteiger partial charge in [0.25, 0.3) is 5.91 Å². The van der Waals surface area contributed by atoms with Crippen molar-refractivity contribution in [3.8, 4) is 0 Å². The monoisotopic (exact) mass is 549 g/mol. The second-order valence-electron chi connectivity index (χ2n) is 9.08. The van der Waals surface area contributed by atoms with Crippen LogP contribution in [0.1, 0.15) is 36.0 Å². The Morgan fingerprint density at radius 1 is 1.06 bits per heavy atom. The molecular weight excluding hydrogens is 522 g/mol. The standard InChI is InChI=1S/C25H28ClN3O5S2/c1-28(15-18-5-3-13-33-18)36(31,32)20-11-9-17(10-12-20)24(30)29(16-19-6-4-14-34-19)25-27-23-21(26)7-2-8-22(23)35-25/h2,7-12,18-19H,3-6,13-16H2,1H3. The van der Waals surface area contributed by atoms with Crippen molar-refractivity contribution in [3.05, 3.63) is 53.1 Å². The van der Waals surface area contributed by atoms with Gasteiger partial charge in [-0.1, -0.05) is 29.0 Å². The Morgan fingerprint density at radius 3 is 2.33 bits per heavy atom. The summed E-state index contributed by atoms with van der Waals surface area (Å²) in [7, 11) is -2.15. The van der Waals surface area contributed by atoms with Crippen LogP contribution in [0.3, 0.4) is 0 Å². The van der Waals surface area contributed by atoms with E-state index in [0.29, 0.717) is 47.5 Å². The first-order valence-electron chi connectivity index (χ1n) is 12.0. The van der Waals surface area contributed by atoms with E-state index in [2.05, 4.69) is 4.98 Å². The molecule has 2 unspecified atom stereocenters. The molecule has 2 fully saturated rings. The number of hydrogen-bond donors (Lipinski definition) is 0. The summed E-state index contributed by atoms with van der Waals surface area (Å²) in [6.45, 7) is 2.00. The Labute approximate surface area is 219 Å². The van der Waals surface area contributed by atoms with Gasteiger partial charge in [0, 0.05) is 32.4 Å². The maximum Gasteiger partial charge on any atom is 0.260 e. The normalized spacial score (nSPS) is 20.4. The molecule has 36 heavy (non-hydrogen) atoms. The number of fused-ring (bicyclic) bond motifs is 1. The lowest BCUT2D eigenvalue weighted by molar-refractivity contribution is 0.0917. The van der Waals surface area contributed by atoms with Crippen LogP contribution in [-0.2, 0) is 19.5 Å². The van der Waals surface area contributed by atoms with Crippen LogP contribution in [0.2, 0.25) is 5.02 Å². The molecule has 0 radical (unpaired) electrons. The zero-order chi connectivity index (χ0) is 25.3. The molecule has 0 bridgehead atoms. The number of benzene rings is 2. The van der Waals surface area contributed by atoms with Gasteiger partial charge in [-0.25, -0.2) is 13.4 Å². The van der Waals surface area contributed by atoms with Gasteiger partial charge in [0.05, 0.1) is 33.4 Å². The van der Waals surface area contributed by atoms with Gasteiger partial charge >= 0.3 is 0 Å². The predicted molar refractivity (Wildman–Crippen MR) is 141 cm³/mol. The molecule has 3 heterocycles. The third-order valence-electron chi connectivity index (χ3n) is 6.54.